The minimum absolute atomic E-state index is 0.0658. The van der Waals surface area contributed by atoms with Gasteiger partial charge in [0.05, 0.1) is 42.7 Å². The van der Waals surface area contributed by atoms with Crippen LogP contribution in [-0.2, 0) is 4.74 Å². The number of urea groups is 1. The number of carbonyl (C=O) groups excluding carboxylic acids is 1. The Morgan fingerprint density at radius 3 is 3.05 bits per heavy atom. The zero-order valence-corrected chi connectivity index (χ0v) is 13.5. The Labute approximate surface area is 135 Å². The number of amides is 2. The molecular formula is C15H21ClN2O4. The van der Waals surface area contributed by atoms with Gasteiger partial charge in [-0.1, -0.05) is 17.7 Å². The molecule has 0 spiro atoms. The van der Waals surface area contributed by atoms with Crippen molar-refractivity contribution in [2.24, 2.45) is 0 Å². The molecule has 0 aromatic heterocycles. The van der Waals surface area contributed by atoms with E-state index in [1.54, 1.807) is 18.2 Å². The Morgan fingerprint density at radius 2 is 2.32 bits per heavy atom. The first-order valence-electron chi connectivity index (χ1n) is 7.24. The van der Waals surface area contributed by atoms with Crippen LogP contribution in [0.4, 0.5) is 10.5 Å². The molecule has 1 heterocycles. The lowest BCUT2D eigenvalue weighted by Crippen LogP contribution is -2.40. The Balaban J connectivity index is 2.12. The molecule has 0 unspecified atom stereocenters. The van der Waals surface area contributed by atoms with Crippen molar-refractivity contribution in [2.45, 2.75) is 26.1 Å². The number of carbonyl (C=O) groups is 1. The summed E-state index contributed by atoms with van der Waals surface area (Å²) in [4.78, 5) is 13.9. The highest BCUT2D eigenvalue weighted by Crippen LogP contribution is 2.33. The van der Waals surface area contributed by atoms with E-state index in [0.29, 0.717) is 29.6 Å². The molecule has 0 radical (unpaired) electrons. The molecule has 1 aromatic carbocycles. The second kappa shape index (κ2) is 7.67. The van der Waals surface area contributed by atoms with Crippen LogP contribution in [0.2, 0.25) is 5.02 Å². The number of rotatable bonds is 3. The number of hydrogen-bond donors (Lipinski definition) is 2. The zero-order valence-electron chi connectivity index (χ0n) is 12.7. The van der Waals surface area contributed by atoms with Crippen LogP contribution in [0.1, 0.15) is 13.8 Å². The summed E-state index contributed by atoms with van der Waals surface area (Å²) in [5.41, 5.74) is 0.505. The van der Waals surface area contributed by atoms with Crippen molar-refractivity contribution < 1.29 is 19.4 Å². The van der Waals surface area contributed by atoms with Gasteiger partial charge in [0.2, 0.25) is 0 Å². The molecule has 0 aliphatic carbocycles. The Morgan fingerprint density at radius 1 is 1.55 bits per heavy atom. The van der Waals surface area contributed by atoms with Crippen LogP contribution in [0, 0.1) is 0 Å². The molecule has 2 rings (SSSR count). The third-order valence-corrected chi connectivity index (χ3v) is 3.39. The van der Waals surface area contributed by atoms with Gasteiger partial charge in [-0.15, -0.1) is 0 Å². The molecule has 1 atom stereocenters. The van der Waals surface area contributed by atoms with E-state index in [1.807, 2.05) is 13.8 Å². The van der Waals surface area contributed by atoms with Crippen LogP contribution in [0.3, 0.4) is 0 Å². The fourth-order valence-corrected chi connectivity index (χ4v) is 2.35. The van der Waals surface area contributed by atoms with Crippen LogP contribution >= 0.6 is 11.6 Å². The summed E-state index contributed by atoms with van der Waals surface area (Å²) in [5, 5.41) is 12.9. The normalized spacial score (nSPS) is 19.0. The van der Waals surface area contributed by atoms with E-state index in [1.165, 1.54) is 4.90 Å². The predicted molar refractivity (Wildman–Crippen MR) is 84.6 cm³/mol. The number of nitrogens with one attached hydrogen (secondary N) is 1. The number of β-amino-alcohol motifs (C(OH)–C–C–N with tert-alkyl or cyclic N) is 1. The number of benzene rings is 1. The van der Waals surface area contributed by atoms with Gasteiger partial charge in [-0.3, -0.25) is 0 Å². The lowest BCUT2D eigenvalue weighted by Gasteiger charge is -2.23. The fraction of sp³-hybridized carbons (Fsp3) is 0.533. The number of hydrogen-bond acceptors (Lipinski definition) is 4. The van der Waals surface area contributed by atoms with Crippen molar-refractivity contribution in [3.63, 3.8) is 0 Å². The molecule has 6 nitrogen and oxygen atoms in total. The summed E-state index contributed by atoms with van der Waals surface area (Å²) in [6.45, 7) is 5.06. The van der Waals surface area contributed by atoms with E-state index < -0.39 is 6.10 Å². The molecule has 122 valence electrons. The Hall–Kier alpha value is -1.50. The van der Waals surface area contributed by atoms with Crippen LogP contribution in [0.15, 0.2) is 18.2 Å². The Kier molecular flexibility index (Phi) is 5.88. The second-order valence-electron chi connectivity index (χ2n) is 5.39. The van der Waals surface area contributed by atoms with Crippen molar-refractivity contribution in [1.82, 2.24) is 4.90 Å². The van der Waals surface area contributed by atoms with Crippen LogP contribution in [-0.4, -0.2) is 54.5 Å². The van der Waals surface area contributed by atoms with Crippen molar-refractivity contribution in [3.05, 3.63) is 23.2 Å². The van der Waals surface area contributed by atoms with E-state index in [9.17, 15) is 9.90 Å². The summed E-state index contributed by atoms with van der Waals surface area (Å²) in [6, 6.07) is 4.86. The van der Waals surface area contributed by atoms with Crippen LogP contribution in [0.25, 0.3) is 0 Å². The highest BCUT2D eigenvalue weighted by Gasteiger charge is 2.22. The number of aliphatic hydroxyl groups is 1. The van der Waals surface area contributed by atoms with Gasteiger partial charge in [0.1, 0.15) is 0 Å². The topological polar surface area (TPSA) is 71.0 Å². The lowest BCUT2D eigenvalue weighted by atomic mass is 10.3. The molecule has 2 amide bonds. The Bertz CT molecular complexity index is 524. The first-order chi connectivity index (χ1) is 10.5. The fourth-order valence-electron chi connectivity index (χ4n) is 2.13. The number of nitrogens with zero attached hydrogens (tertiary/aromatic N) is 1. The average molecular weight is 329 g/mol. The zero-order chi connectivity index (χ0) is 16.1. The van der Waals surface area contributed by atoms with Gasteiger partial charge in [0, 0.05) is 6.54 Å². The smallest absolute Gasteiger partial charge is 0.322 e. The van der Waals surface area contributed by atoms with E-state index >= 15 is 0 Å². The SMILES string of the molecule is CC(C)Oc1c(Cl)cccc1NC(=O)N1CCOC[C@@H](O)C1. The van der Waals surface area contributed by atoms with E-state index in [4.69, 9.17) is 21.1 Å². The molecule has 0 bridgehead atoms. The predicted octanol–water partition coefficient (Wildman–Crippen LogP) is 2.35. The van der Waals surface area contributed by atoms with Gasteiger partial charge in [0.15, 0.2) is 5.75 Å². The minimum Gasteiger partial charge on any atom is -0.487 e. The summed E-state index contributed by atoms with van der Waals surface area (Å²) >= 11 is 6.14. The third-order valence-electron chi connectivity index (χ3n) is 3.10. The number of ether oxygens (including phenoxy) is 2. The molecule has 1 saturated heterocycles. The molecule has 1 aromatic rings. The number of para-hydroxylation sites is 1. The molecule has 2 N–H and O–H groups in total. The summed E-state index contributed by atoms with van der Waals surface area (Å²) < 4.78 is 10.9. The molecule has 1 aliphatic rings. The monoisotopic (exact) mass is 328 g/mol. The number of anilines is 1. The van der Waals surface area contributed by atoms with Crippen molar-refractivity contribution in [2.75, 3.05) is 31.6 Å². The van der Waals surface area contributed by atoms with E-state index in [-0.39, 0.29) is 25.3 Å². The maximum atomic E-state index is 12.4. The molecule has 22 heavy (non-hydrogen) atoms. The molecule has 1 fully saturated rings. The van der Waals surface area contributed by atoms with Gasteiger partial charge < -0.3 is 24.8 Å². The van der Waals surface area contributed by atoms with Crippen molar-refractivity contribution >= 4 is 23.3 Å². The van der Waals surface area contributed by atoms with E-state index in [2.05, 4.69) is 5.32 Å². The molecule has 0 saturated carbocycles. The largest absolute Gasteiger partial charge is 0.487 e. The second-order valence-corrected chi connectivity index (χ2v) is 5.80. The van der Waals surface area contributed by atoms with Crippen LogP contribution < -0.4 is 10.1 Å². The van der Waals surface area contributed by atoms with Gasteiger partial charge in [-0.25, -0.2) is 4.79 Å². The van der Waals surface area contributed by atoms with Gasteiger partial charge in [-0.05, 0) is 26.0 Å². The number of halogens is 1. The molecular weight excluding hydrogens is 308 g/mol. The average Bonchev–Trinajstić information content (AvgIpc) is 2.67. The standard InChI is InChI=1S/C15H21ClN2O4/c1-10(2)22-14-12(16)4-3-5-13(14)17-15(20)18-6-7-21-9-11(19)8-18/h3-5,10-11,19H,6-9H2,1-2H3,(H,17,20)/t11-/m0/s1. The van der Waals surface area contributed by atoms with Crippen LogP contribution in [0.5, 0.6) is 5.75 Å². The minimum atomic E-state index is -0.681. The maximum absolute atomic E-state index is 12.4. The maximum Gasteiger partial charge on any atom is 0.322 e. The first kappa shape index (κ1) is 16.9. The quantitative estimate of drug-likeness (QED) is 0.893. The van der Waals surface area contributed by atoms with E-state index in [0.717, 1.165) is 0 Å². The number of aliphatic hydroxyl groups excluding tert-OH is 1. The highest BCUT2D eigenvalue weighted by atomic mass is 35.5. The summed E-state index contributed by atoms with van der Waals surface area (Å²) in [5.74, 6) is 0.444. The van der Waals surface area contributed by atoms with Gasteiger partial charge >= 0.3 is 6.03 Å². The highest BCUT2D eigenvalue weighted by molar-refractivity contribution is 6.32. The summed E-state index contributed by atoms with van der Waals surface area (Å²) in [6.07, 6.45) is -0.747. The van der Waals surface area contributed by atoms with Crippen molar-refractivity contribution in [1.29, 1.82) is 0 Å². The molecule has 1 aliphatic heterocycles. The summed E-state index contributed by atoms with van der Waals surface area (Å²) in [7, 11) is 0. The van der Waals surface area contributed by atoms with Crippen molar-refractivity contribution in [3.8, 4) is 5.75 Å². The molecule has 7 heteroatoms. The van der Waals surface area contributed by atoms with Gasteiger partial charge in [0.25, 0.3) is 0 Å². The lowest BCUT2D eigenvalue weighted by molar-refractivity contribution is 0.0575. The van der Waals surface area contributed by atoms with Gasteiger partial charge in [-0.2, -0.15) is 0 Å². The third kappa shape index (κ3) is 4.50. The first-order valence-corrected chi connectivity index (χ1v) is 7.62.